The molecule has 1 aliphatic rings. The minimum Gasteiger partial charge on any atom is -0.550 e. The SMILES string of the molecule is COCCOCCC(=O)[O-].C[N+]1(C)CCOCC1. The molecule has 6 heteroatoms. The largest absolute Gasteiger partial charge is 0.550 e. The normalized spacial score (nSPS) is 17.7. The van der Waals surface area contributed by atoms with Gasteiger partial charge >= 0.3 is 0 Å². The van der Waals surface area contributed by atoms with Crippen LogP contribution in [0.15, 0.2) is 0 Å². The van der Waals surface area contributed by atoms with Gasteiger partial charge in [0, 0.05) is 19.5 Å². The fraction of sp³-hybridized carbons (Fsp3) is 0.917. The first kappa shape index (κ1) is 17.3. The summed E-state index contributed by atoms with van der Waals surface area (Å²) in [6, 6.07) is 0. The Bertz CT molecular complexity index is 213. The molecule has 0 saturated carbocycles. The average molecular weight is 263 g/mol. The van der Waals surface area contributed by atoms with E-state index in [2.05, 4.69) is 18.8 Å². The van der Waals surface area contributed by atoms with Crippen molar-refractivity contribution in [3.63, 3.8) is 0 Å². The van der Waals surface area contributed by atoms with Gasteiger partial charge in [-0.05, 0) is 0 Å². The molecule has 0 amide bonds. The molecule has 0 unspecified atom stereocenters. The number of carbonyl (C=O) groups excluding carboxylic acids is 1. The predicted octanol–water partition coefficient (Wildman–Crippen LogP) is -1.12. The number of likely N-dealkylation sites (N-methyl/N-ethyl adjacent to an activating group) is 1. The summed E-state index contributed by atoms with van der Waals surface area (Å²) in [4.78, 5) is 9.81. The number of nitrogens with zero attached hydrogens (tertiary/aromatic N) is 1. The molecule has 0 N–H and O–H groups in total. The molecule has 0 aromatic heterocycles. The van der Waals surface area contributed by atoms with Crippen LogP contribution in [0.2, 0.25) is 0 Å². The maximum Gasteiger partial charge on any atom is 0.102 e. The second-order valence-corrected chi connectivity index (χ2v) is 4.72. The summed E-state index contributed by atoms with van der Waals surface area (Å²) in [5.74, 6) is -1.09. The first-order valence-electron chi connectivity index (χ1n) is 6.14. The summed E-state index contributed by atoms with van der Waals surface area (Å²) in [6.45, 7) is 5.34. The van der Waals surface area contributed by atoms with Crippen molar-refractivity contribution in [2.45, 2.75) is 6.42 Å². The van der Waals surface area contributed by atoms with Crippen molar-refractivity contribution in [3.8, 4) is 0 Å². The Morgan fingerprint density at radius 1 is 1.22 bits per heavy atom. The second-order valence-electron chi connectivity index (χ2n) is 4.72. The van der Waals surface area contributed by atoms with Crippen LogP contribution in [0.25, 0.3) is 0 Å². The van der Waals surface area contributed by atoms with E-state index < -0.39 is 5.97 Å². The van der Waals surface area contributed by atoms with Crippen LogP contribution < -0.4 is 5.11 Å². The van der Waals surface area contributed by atoms with Crippen LogP contribution in [0.1, 0.15) is 6.42 Å². The Balaban J connectivity index is 0.000000327. The molecule has 0 bridgehead atoms. The number of quaternary nitrogens is 1. The Hall–Kier alpha value is -0.690. The molecule has 1 fully saturated rings. The van der Waals surface area contributed by atoms with Crippen molar-refractivity contribution in [2.24, 2.45) is 0 Å². The number of carboxylic acids is 1. The van der Waals surface area contributed by atoms with Crippen molar-refractivity contribution < 1.29 is 28.6 Å². The van der Waals surface area contributed by atoms with Crippen molar-refractivity contribution in [1.29, 1.82) is 0 Å². The standard InChI is InChI=1S/C6H14NO.C6H12O4/c1-7(2)3-5-8-6-4-7;1-9-4-5-10-3-2-6(7)8/h3-6H2,1-2H3;2-5H2,1H3,(H,7,8)/q+1;/p-1. The zero-order valence-corrected chi connectivity index (χ0v) is 11.6. The maximum absolute atomic E-state index is 9.81. The molecular formula is C12H25NO5. The fourth-order valence-corrected chi connectivity index (χ4v) is 1.24. The van der Waals surface area contributed by atoms with Crippen LogP contribution in [-0.4, -0.2) is 77.8 Å². The van der Waals surface area contributed by atoms with E-state index in [4.69, 9.17) is 9.47 Å². The maximum atomic E-state index is 9.81. The van der Waals surface area contributed by atoms with E-state index in [1.807, 2.05) is 0 Å². The van der Waals surface area contributed by atoms with E-state index >= 15 is 0 Å². The van der Waals surface area contributed by atoms with Crippen molar-refractivity contribution in [2.75, 3.05) is 67.3 Å². The minimum atomic E-state index is -1.09. The first-order valence-corrected chi connectivity index (χ1v) is 6.14. The van der Waals surface area contributed by atoms with E-state index in [1.54, 1.807) is 7.11 Å². The monoisotopic (exact) mass is 263 g/mol. The molecule has 0 radical (unpaired) electrons. The number of hydrogen-bond donors (Lipinski definition) is 0. The minimum absolute atomic E-state index is 0.0519. The van der Waals surface area contributed by atoms with Crippen LogP contribution in [-0.2, 0) is 19.0 Å². The summed E-state index contributed by atoms with van der Waals surface area (Å²) in [5, 5.41) is 9.81. The summed E-state index contributed by atoms with van der Waals surface area (Å²) in [6.07, 6.45) is -0.0519. The summed E-state index contributed by atoms with van der Waals surface area (Å²) >= 11 is 0. The fourth-order valence-electron chi connectivity index (χ4n) is 1.24. The summed E-state index contributed by atoms with van der Waals surface area (Å²) in [7, 11) is 6.03. The Morgan fingerprint density at radius 3 is 2.22 bits per heavy atom. The molecule has 6 nitrogen and oxygen atoms in total. The number of carboxylic acid groups (broad SMARTS) is 1. The number of hydrogen-bond acceptors (Lipinski definition) is 5. The molecule has 108 valence electrons. The zero-order chi connectivity index (χ0) is 13.9. The molecule has 1 rings (SSSR count). The number of ether oxygens (including phenoxy) is 3. The summed E-state index contributed by atoms with van der Waals surface area (Å²) < 4.78 is 15.8. The third-order valence-corrected chi connectivity index (χ3v) is 2.56. The van der Waals surface area contributed by atoms with E-state index in [0.29, 0.717) is 13.2 Å². The Morgan fingerprint density at radius 2 is 1.83 bits per heavy atom. The molecular weight excluding hydrogens is 238 g/mol. The van der Waals surface area contributed by atoms with Crippen molar-refractivity contribution in [3.05, 3.63) is 0 Å². The zero-order valence-electron chi connectivity index (χ0n) is 11.6. The molecule has 0 aliphatic carbocycles. The van der Waals surface area contributed by atoms with Gasteiger partial charge in [-0.25, -0.2) is 0 Å². The second kappa shape index (κ2) is 10.3. The number of carbonyl (C=O) groups is 1. The van der Waals surface area contributed by atoms with Gasteiger partial charge in [-0.15, -0.1) is 0 Å². The molecule has 0 spiro atoms. The number of rotatable bonds is 6. The van der Waals surface area contributed by atoms with E-state index in [0.717, 1.165) is 17.7 Å². The van der Waals surface area contributed by atoms with Crippen LogP contribution in [0, 0.1) is 0 Å². The molecule has 18 heavy (non-hydrogen) atoms. The highest BCUT2D eigenvalue weighted by molar-refractivity contribution is 5.64. The van der Waals surface area contributed by atoms with Crippen molar-refractivity contribution >= 4 is 5.97 Å². The lowest BCUT2D eigenvalue weighted by atomic mass is 10.4. The molecule has 1 heterocycles. The van der Waals surface area contributed by atoms with E-state index in [-0.39, 0.29) is 13.0 Å². The smallest absolute Gasteiger partial charge is 0.102 e. The van der Waals surface area contributed by atoms with Gasteiger partial charge in [0.25, 0.3) is 0 Å². The topological polar surface area (TPSA) is 67.8 Å². The molecule has 0 aromatic rings. The highest BCUT2D eigenvalue weighted by Crippen LogP contribution is 2.01. The van der Waals surface area contributed by atoms with E-state index in [1.165, 1.54) is 13.1 Å². The van der Waals surface area contributed by atoms with Crippen LogP contribution in [0.3, 0.4) is 0 Å². The highest BCUT2D eigenvalue weighted by Gasteiger charge is 2.18. The quantitative estimate of drug-likeness (QED) is 0.449. The molecule has 0 aromatic carbocycles. The highest BCUT2D eigenvalue weighted by atomic mass is 16.5. The number of aliphatic carboxylic acids is 1. The third-order valence-electron chi connectivity index (χ3n) is 2.56. The number of morpholine rings is 1. The van der Waals surface area contributed by atoms with Gasteiger partial charge in [-0.2, -0.15) is 0 Å². The van der Waals surface area contributed by atoms with Crippen LogP contribution >= 0.6 is 0 Å². The average Bonchev–Trinajstić information content (AvgIpc) is 2.29. The van der Waals surface area contributed by atoms with Crippen LogP contribution in [0.5, 0.6) is 0 Å². The van der Waals surface area contributed by atoms with Gasteiger partial charge in [0.15, 0.2) is 0 Å². The predicted molar refractivity (Wildman–Crippen MR) is 65.0 cm³/mol. The lowest BCUT2D eigenvalue weighted by molar-refractivity contribution is -0.898. The third kappa shape index (κ3) is 11.8. The Labute approximate surface area is 109 Å². The van der Waals surface area contributed by atoms with Gasteiger partial charge < -0.3 is 28.6 Å². The molecule has 1 aliphatic heterocycles. The van der Waals surface area contributed by atoms with Gasteiger partial charge in [0.05, 0.1) is 47.1 Å². The van der Waals surface area contributed by atoms with Gasteiger partial charge in [0.1, 0.15) is 13.1 Å². The van der Waals surface area contributed by atoms with Crippen LogP contribution in [0.4, 0.5) is 0 Å². The lowest BCUT2D eigenvalue weighted by Crippen LogP contribution is -2.48. The molecule has 0 atom stereocenters. The first-order chi connectivity index (χ1) is 8.48. The van der Waals surface area contributed by atoms with Gasteiger partial charge in [0.2, 0.25) is 0 Å². The lowest BCUT2D eigenvalue weighted by Gasteiger charge is -2.33. The Kier molecular flexibility index (Phi) is 9.86. The van der Waals surface area contributed by atoms with Crippen molar-refractivity contribution in [1.82, 2.24) is 0 Å². The van der Waals surface area contributed by atoms with E-state index in [9.17, 15) is 9.90 Å². The number of methoxy groups -OCH3 is 1. The molecule has 1 saturated heterocycles. The summed E-state index contributed by atoms with van der Waals surface area (Å²) in [5.41, 5.74) is 0. The van der Waals surface area contributed by atoms with Gasteiger partial charge in [-0.1, -0.05) is 0 Å². The van der Waals surface area contributed by atoms with Gasteiger partial charge in [-0.3, -0.25) is 0 Å².